The van der Waals surface area contributed by atoms with Gasteiger partial charge in [-0.25, -0.2) is 0 Å². The number of nitrogens with zero attached hydrogens (tertiary/aromatic N) is 2. The molecule has 0 saturated heterocycles. The Morgan fingerprint density at radius 3 is 2.53 bits per heavy atom. The minimum Gasteiger partial charge on any atom is -0.385 e. The number of carbonyl (C=O) groups excluding carboxylic acids is 1. The highest BCUT2D eigenvalue weighted by atomic mass is 16.3. The third-order valence-electron chi connectivity index (χ3n) is 2.84. The highest BCUT2D eigenvalue weighted by molar-refractivity contribution is 5.97. The van der Waals surface area contributed by atoms with Gasteiger partial charge >= 0.3 is 0 Å². The first-order chi connectivity index (χ1) is 7.11. The first-order valence-electron chi connectivity index (χ1n) is 5.32. The number of aryl methyl sites for hydroxylation is 1. The second kappa shape index (κ2) is 5.07. The molecule has 1 aromatic heterocycles. The van der Waals surface area contributed by atoms with Crippen LogP contribution < -0.4 is 0 Å². The third-order valence-corrected chi connectivity index (χ3v) is 2.84. The summed E-state index contributed by atoms with van der Waals surface area (Å²) in [6, 6.07) is 1.63. The molecule has 0 aliphatic carbocycles. The molecule has 0 aromatic carbocycles. The van der Waals surface area contributed by atoms with Gasteiger partial charge in [0.1, 0.15) is 11.8 Å². The predicted molar refractivity (Wildman–Crippen MR) is 57.6 cm³/mol. The van der Waals surface area contributed by atoms with Crippen LogP contribution >= 0.6 is 0 Å². The molecule has 0 bridgehead atoms. The Morgan fingerprint density at radius 2 is 2.13 bits per heavy atom. The molecule has 1 atom stereocenters. The lowest BCUT2D eigenvalue weighted by molar-refractivity contribution is 0.0578. The van der Waals surface area contributed by atoms with E-state index in [0.29, 0.717) is 5.69 Å². The molecule has 0 aliphatic rings. The maximum absolute atomic E-state index is 11.9. The summed E-state index contributed by atoms with van der Waals surface area (Å²) in [5.74, 6) is -0.198. The molecular weight excluding hydrogens is 192 g/mol. The normalized spacial score (nSPS) is 13.1. The zero-order valence-electron chi connectivity index (χ0n) is 9.47. The summed E-state index contributed by atoms with van der Waals surface area (Å²) in [7, 11) is 1.70. The van der Waals surface area contributed by atoms with Crippen molar-refractivity contribution in [2.45, 2.75) is 32.8 Å². The number of rotatable bonds is 5. The molecule has 15 heavy (non-hydrogen) atoms. The maximum Gasteiger partial charge on any atom is 0.209 e. The first kappa shape index (κ1) is 11.9. The van der Waals surface area contributed by atoms with Gasteiger partial charge in [0.2, 0.25) is 5.78 Å². The van der Waals surface area contributed by atoms with Crippen LogP contribution in [0.5, 0.6) is 0 Å². The molecule has 1 heterocycles. The number of aromatic nitrogens is 2. The lowest BCUT2D eigenvalue weighted by atomic mass is 9.92. The number of ketones is 1. The second-order valence-corrected chi connectivity index (χ2v) is 3.73. The molecule has 1 N–H and O–H groups in total. The van der Waals surface area contributed by atoms with E-state index in [1.807, 2.05) is 13.8 Å². The van der Waals surface area contributed by atoms with Gasteiger partial charge in [0.05, 0.1) is 0 Å². The number of aliphatic hydroxyl groups is 1. The summed E-state index contributed by atoms with van der Waals surface area (Å²) < 4.78 is 1.49. The zero-order valence-corrected chi connectivity index (χ0v) is 9.47. The van der Waals surface area contributed by atoms with Crippen molar-refractivity contribution in [3.63, 3.8) is 0 Å². The highest BCUT2D eigenvalue weighted by Gasteiger charge is 2.26. The Morgan fingerprint density at radius 1 is 1.53 bits per heavy atom. The minimum absolute atomic E-state index is 0.0346. The summed E-state index contributed by atoms with van der Waals surface area (Å²) in [5.41, 5.74) is 0.467. The number of hydrogen-bond acceptors (Lipinski definition) is 3. The van der Waals surface area contributed by atoms with Gasteiger partial charge in [-0.05, 0) is 12.0 Å². The van der Waals surface area contributed by atoms with Crippen molar-refractivity contribution in [3.05, 3.63) is 18.0 Å². The summed E-state index contributed by atoms with van der Waals surface area (Å²) in [4.78, 5) is 11.9. The number of Topliss-reactive ketones (excluding diaryl/α,β-unsaturated/α-hetero) is 1. The lowest BCUT2D eigenvalue weighted by Gasteiger charge is -2.18. The molecule has 0 spiro atoms. The SMILES string of the molecule is CCC(CC)C(O)C(=O)c1ccnn1C. The average Bonchev–Trinajstić information content (AvgIpc) is 2.65. The predicted octanol–water partition coefficient (Wildman–Crippen LogP) is 1.40. The van der Waals surface area contributed by atoms with E-state index in [9.17, 15) is 9.90 Å². The van der Waals surface area contributed by atoms with Gasteiger partial charge in [0, 0.05) is 13.2 Å². The lowest BCUT2D eigenvalue weighted by Crippen LogP contribution is -2.30. The molecule has 0 fully saturated rings. The molecular formula is C11H18N2O2. The molecule has 1 aromatic rings. The van der Waals surface area contributed by atoms with E-state index in [-0.39, 0.29) is 11.7 Å². The summed E-state index contributed by atoms with van der Waals surface area (Å²) in [6.45, 7) is 3.96. The topological polar surface area (TPSA) is 55.1 Å². The van der Waals surface area contributed by atoms with Crippen molar-refractivity contribution in [3.8, 4) is 0 Å². The van der Waals surface area contributed by atoms with Crippen LogP contribution in [0.25, 0.3) is 0 Å². The molecule has 0 radical (unpaired) electrons. The second-order valence-electron chi connectivity index (χ2n) is 3.73. The molecule has 0 amide bonds. The molecule has 84 valence electrons. The van der Waals surface area contributed by atoms with E-state index in [1.165, 1.54) is 4.68 Å². The maximum atomic E-state index is 11.9. The largest absolute Gasteiger partial charge is 0.385 e. The number of carbonyl (C=O) groups is 1. The summed E-state index contributed by atoms with van der Waals surface area (Å²) in [5, 5.41) is 13.8. The van der Waals surface area contributed by atoms with Crippen LogP contribution in [0.2, 0.25) is 0 Å². The molecule has 1 rings (SSSR count). The van der Waals surface area contributed by atoms with E-state index in [2.05, 4.69) is 5.10 Å². The fraction of sp³-hybridized carbons (Fsp3) is 0.636. The van der Waals surface area contributed by atoms with Crippen LogP contribution in [-0.2, 0) is 7.05 Å². The van der Waals surface area contributed by atoms with Crippen molar-refractivity contribution in [1.29, 1.82) is 0 Å². The Kier molecular flexibility index (Phi) is 4.03. The fourth-order valence-corrected chi connectivity index (χ4v) is 1.72. The van der Waals surface area contributed by atoms with E-state index in [1.54, 1.807) is 19.3 Å². The van der Waals surface area contributed by atoms with Gasteiger partial charge < -0.3 is 5.11 Å². The van der Waals surface area contributed by atoms with Crippen LogP contribution in [-0.4, -0.2) is 26.8 Å². The van der Waals surface area contributed by atoms with Crippen LogP contribution in [0.15, 0.2) is 12.3 Å². The monoisotopic (exact) mass is 210 g/mol. The van der Waals surface area contributed by atoms with Gasteiger partial charge in [-0.3, -0.25) is 9.48 Å². The highest BCUT2D eigenvalue weighted by Crippen LogP contribution is 2.16. The Hall–Kier alpha value is -1.16. The molecule has 4 nitrogen and oxygen atoms in total. The van der Waals surface area contributed by atoms with Gasteiger partial charge in [-0.1, -0.05) is 26.7 Å². The molecule has 0 aliphatic heterocycles. The quantitative estimate of drug-likeness (QED) is 0.747. The van der Waals surface area contributed by atoms with Gasteiger partial charge in [0.25, 0.3) is 0 Å². The Labute approximate surface area is 89.9 Å². The van der Waals surface area contributed by atoms with Gasteiger partial charge in [0.15, 0.2) is 0 Å². The van der Waals surface area contributed by atoms with Crippen molar-refractivity contribution in [2.75, 3.05) is 0 Å². The van der Waals surface area contributed by atoms with E-state index >= 15 is 0 Å². The molecule has 0 saturated carbocycles. The third kappa shape index (κ3) is 2.45. The molecule has 4 heteroatoms. The van der Waals surface area contributed by atoms with Crippen molar-refractivity contribution in [2.24, 2.45) is 13.0 Å². The Bertz CT molecular complexity index is 329. The van der Waals surface area contributed by atoms with Crippen molar-refractivity contribution < 1.29 is 9.90 Å². The first-order valence-corrected chi connectivity index (χ1v) is 5.32. The zero-order chi connectivity index (χ0) is 11.4. The summed E-state index contributed by atoms with van der Waals surface area (Å²) in [6.07, 6.45) is 2.27. The fourth-order valence-electron chi connectivity index (χ4n) is 1.72. The Balaban J connectivity index is 2.81. The number of aliphatic hydroxyl groups excluding tert-OH is 1. The molecule has 1 unspecified atom stereocenters. The summed E-state index contributed by atoms with van der Waals surface area (Å²) >= 11 is 0. The standard InChI is InChI=1S/C11H18N2O2/c1-4-8(5-2)10(14)11(15)9-6-7-12-13(9)3/h6-8,10,14H,4-5H2,1-3H3. The van der Waals surface area contributed by atoms with Crippen LogP contribution in [0.4, 0.5) is 0 Å². The van der Waals surface area contributed by atoms with Crippen LogP contribution in [0, 0.1) is 5.92 Å². The van der Waals surface area contributed by atoms with Gasteiger partial charge in [-0.15, -0.1) is 0 Å². The van der Waals surface area contributed by atoms with Crippen LogP contribution in [0.3, 0.4) is 0 Å². The van der Waals surface area contributed by atoms with Crippen LogP contribution in [0.1, 0.15) is 37.2 Å². The van der Waals surface area contributed by atoms with Crippen molar-refractivity contribution in [1.82, 2.24) is 9.78 Å². The van der Waals surface area contributed by atoms with E-state index < -0.39 is 6.10 Å². The smallest absolute Gasteiger partial charge is 0.209 e. The minimum atomic E-state index is -0.907. The van der Waals surface area contributed by atoms with Gasteiger partial charge in [-0.2, -0.15) is 5.10 Å². The average molecular weight is 210 g/mol. The van der Waals surface area contributed by atoms with E-state index in [4.69, 9.17) is 0 Å². The van der Waals surface area contributed by atoms with E-state index in [0.717, 1.165) is 12.8 Å². The number of hydrogen-bond donors (Lipinski definition) is 1. The van der Waals surface area contributed by atoms with Crippen molar-refractivity contribution >= 4 is 5.78 Å².